The number of benzene rings is 1. The summed E-state index contributed by atoms with van der Waals surface area (Å²) >= 11 is 3.26. The number of hydrogen-bond acceptors (Lipinski definition) is 2. The molecule has 2 nitrogen and oxygen atoms in total. The van der Waals surface area contributed by atoms with E-state index in [0.717, 1.165) is 35.7 Å². The Labute approximate surface area is 92.3 Å². The number of aromatic hydroxyl groups is 1. The van der Waals surface area contributed by atoms with Crippen LogP contribution in [0.25, 0.3) is 0 Å². The van der Waals surface area contributed by atoms with Crippen molar-refractivity contribution in [2.75, 3.05) is 0 Å². The van der Waals surface area contributed by atoms with Gasteiger partial charge in [0.25, 0.3) is 0 Å². The highest BCUT2D eigenvalue weighted by atomic mass is 79.9. The lowest BCUT2D eigenvalue weighted by Crippen LogP contribution is -2.22. The number of nitrogens with two attached hydrogens (primary N) is 1. The molecule has 3 heteroatoms. The predicted molar refractivity (Wildman–Crippen MR) is 60.3 cm³/mol. The topological polar surface area (TPSA) is 46.2 Å². The molecule has 1 aromatic carbocycles. The van der Waals surface area contributed by atoms with E-state index in [1.807, 2.05) is 12.1 Å². The van der Waals surface area contributed by atoms with Crippen molar-refractivity contribution in [2.24, 2.45) is 5.73 Å². The minimum Gasteiger partial charge on any atom is -0.507 e. The van der Waals surface area contributed by atoms with Crippen LogP contribution in [0.15, 0.2) is 22.7 Å². The van der Waals surface area contributed by atoms with Crippen LogP contribution in [0.2, 0.25) is 0 Å². The molecule has 1 fully saturated rings. The van der Waals surface area contributed by atoms with Gasteiger partial charge < -0.3 is 10.8 Å². The van der Waals surface area contributed by atoms with Crippen molar-refractivity contribution in [1.82, 2.24) is 0 Å². The Morgan fingerprint density at radius 2 is 2.14 bits per heavy atom. The third-order valence-electron chi connectivity index (χ3n) is 2.81. The van der Waals surface area contributed by atoms with Gasteiger partial charge in [0.15, 0.2) is 0 Å². The second-order valence-corrected chi connectivity index (χ2v) is 5.00. The summed E-state index contributed by atoms with van der Waals surface area (Å²) in [6.45, 7) is 0. The number of halogens is 1. The fraction of sp³-hybridized carbons (Fsp3) is 0.455. The second-order valence-electron chi connectivity index (χ2n) is 4.15. The fourth-order valence-corrected chi connectivity index (χ4v) is 1.76. The molecular weight excluding hydrogens is 242 g/mol. The summed E-state index contributed by atoms with van der Waals surface area (Å²) in [4.78, 5) is 0. The van der Waals surface area contributed by atoms with Crippen LogP contribution in [0.4, 0.5) is 0 Å². The molecule has 0 radical (unpaired) electrons. The summed E-state index contributed by atoms with van der Waals surface area (Å²) in [5.41, 5.74) is 7.25. The minimum atomic E-state index is 0.0999. The van der Waals surface area contributed by atoms with Crippen molar-refractivity contribution >= 4 is 15.9 Å². The molecule has 0 amide bonds. The number of phenolic OH excluding ortho intramolecular Hbond substituents is 1. The van der Waals surface area contributed by atoms with Crippen molar-refractivity contribution in [3.05, 3.63) is 28.2 Å². The zero-order chi connectivity index (χ0) is 10.2. The van der Waals surface area contributed by atoms with E-state index in [1.54, 1.807) is 6.07 Å². The van der Waals surface area contributed by atoms with Crippen LogP contribution in [0, 0.1) is 0 Å². The van der Waals surface area contributed by atoms with Crippen LogP contribution in [0.1, 0.15) is 24.8 Å². The quantitative estimate of drug-likeness (QED) is 0.873. The molecule has 0 bridgehead atoms. The van der Waals surface area contributed by atoms with Gasteiger partial charge in [0, 0.05) is 5.54 Å². The van der Waals surface area contributed by atoms with Crippen LogP contribution in [-0.4, -0.2) is 10.6 Å². The highest BCUT2D eigenvalue weighted by molar-refractivity contribution is 9.10. The molecule has 0 aromatic heterocycles. The normalized spacial score (nSPS) is 18.1. The van der Waals surface area contributed by atoms with Crippen molar-refractivity contribution in [3.8, 4) is 5.75 Å². The third-order valence-corrected chi connectivity index (χ3v) is 3.48. The third kappa shape index (κ3) is 2.28. The van der Waals surface area contributed by atoms with Gasteiger partial charge >= 0.3 is 0 Å². The van der Waals surface area contributed by atoms with Gasteiger partial charge in [0.2, 0.25) is 0 Å². The number of phenols is 1. The first-order valence-electron chi connectivity index (χ1n) is 4.85. The fourth-order valence-electron chi connectivity index (χ4n) is 1.52. The van der Waals surface area contributed by atoms with Gasteiger partial charge in [-0.15, -0.1) is 0 Å². The van der Waals surface area contributed by atoms with E-state index >= 15 is 0 Å². The number of rotatable bonds is 3. The van der Waals surface area contributed by atoms with E-state index in [9.17, 15) is 5.11 Å². The molecule has 76 valence electrons. The van der Waals surface area contributed by atoms with Crippen molar-refractivity contribution in [1.29, 1.82) is 0 Å². The van der Waals surface area contributed by atoms with Crippen LogP contribution in [0.3, 0.4) is 0 Å². The van der Waals surface area contributed by atoms with E-state index in [2.05, 4.69) is 15.9 Å². The molecule has 1 aromatic rings. The molecule has 0 atom stereocenters. The van der Waals surface area contributed by atoms with E-state index in [0.29, 0.717) is 5.75 Å². The summed E-state index contributed by atoms with van der Waals surface area (Å²) in [6, 6.07) is 5.70. The Morgan fingerprint density at radius 3 is 2.71 bits per heavy atom. The monoisotopic (exact) mass is 255 g/mol. The zero-order valence-corrected chi connectivity index (χ0v) is 9.55. The van der Waals surface area contributed by atoms with E-state index < -0.39 is 0 Å². The maximum absolute atomic E-state index is 9.47. The number of aryl methyl sites for hydroxylation is 1. The van der Waals surface area contributed by atoms with Gasteiger partial charge in [0.05, 0.1) is 4.47 Å². The summed E-state index contributed by atoms with van der Waals surface area (Å²) in [5.74, 6) is 0.310. The summed E-state index contributed by atoms with van der Waals surface area (Å²) in [7, 11) is 0. The molecule has 0 heterocycles. The summed E-state index contributed by atoms with van der Waals surface area (Å²) in [5, 5.41) is 9.47. The van der Waals surface area contributed by atoms with Gasteiger partial charge in [-0.25, -0.2) is 0 Å². The average Bonchev–Trinajstić information content (AvgIpc) is 2.87. The Morgan fingerprint density at radius 1 is 1.43 bits per heavy atom. The average molecular weight is 256 g/mol. The maximum atomic E-state index is 9.47. The van der Waals surface area contributed by atoms with Gasteiger partial charge in [-0.2, -0.15) is 0 Å². The molecule has 0 unspecified atom stereocenters. The van der Waals surface area contributed by atoms with Crippen molar-refractivity contribution < 1.29 is 5.11 Å². The van der Waals surface area contributed by atoms with Gasteiger partial charge in [-0.1, -0.05) is 6.07 Å². The van der Waals surface area contributed by atoms with Crippen LogP contribution in [0.5, 0.6) is 5.75 Å². The lowest BCUT2D eigenvalue weighted by Gasteiger charge is -2.08. The molecule has 3 N–H and O–H groups in total. The van der Waals surface area contributed by atoms with Crippen molar-refractivity contribution in [3.63, 3.8) is 0 Å². The summed E-state index contributed by atoms with van der Waals surface area (Å²) in [6.07, 6.45) is 4.27. The molecule has 0 saturated heterocycles. The van der Waals surface area contributed by atoms with Crippen LogP contribution in [-0.2, 0) is 6.42 Å². The summed E-state index contributed by atoms with van der Waals surface area (Å²) < 4.78 is 0.745. The molecule has 1 saturated carbocycles. The highest BCUT2D eigenvalue weighted by Crippen LogP contribution is 2.37. The van der Waals surface area contributed by atoms with E-state index in [4.69, 9.17) is 5.73 Å². The first-order chi connectivity index (χ1) is 6.59. The smallest absolute Gasteiger partial charge is 0.130 e. The van der Waals surface area contributed by atoms with E-state index in [1.165, 1.54) is 0 Å². The molecule has 2 rings (SSSR count). The SMILES string of the molecule is NC1(CCc2ccc(Br)c(O)c2)CC1. The molecule has 0 spiro atoms. The predicted octanol–water partition coefficient (Wildman–Crippen LogP) is 2.58. The minimum absolute atomic E-state index is 0.0999. The van der Waals surface area contributed by atoms with E-state index in [-0.39, 0.29) is 5.54 Å². The number of hydrogen-bond donors (Lipinski definition) is 2. The van der Waals surface area contributed by atoms with Gasteiger partial charge in [-0.05, 0) is 59.3 Å². The Kier molecular flexibility index (Phi) is 2.54. The lowest BCUT2D eigenvalue weighted by atomic mass is 10.0. The first-order valence-corrected chi connectivity index (χ1v) is 5.65. The van der Waals surface area contributed by atoms with Crippen LogP contribution < -0.4 is 5.73 Å². The molecule has 1 aliphatic rings. The van der Waals surface area contributed by atoms with Crippen molar-refractivity contribution in [2.45, 2.75) is 31.2 Å². The maximum Gasteiger partial charge on any atom is 0.130 e. The molecule has 14 heavy (non-hydrogen) atoms. The zero-order valence-electron chi connectivity index (χ0n) is 7.96. The first kappa shape index (κ1) is 9.99. The molecule has 1 aliphatic carbocycles. The Hall–Kier alpha value is -0.540. The Bertz CT molecular complexity index is 347. The standard InChI is InChI=1S/C11H14BrNO/c12-9-2-1-8(7-10(9)14)3-4-11(13)5-6-11/h1-2,7,14H,3-6,13H2. The highest BCUT2D eigenvalue weighted by Gasteiger charge is 2.37. The molecule has 0 aliphatic heterocycles. The Balaban J connectivity index is 1.99. The lowest BCUT2D eigenvalue weighted by molar-refractivity contribution is 0.470. The van der Waals surface area contributed by atoms with Crippen LogP contribution >= 0.6 is 15.9 Å². The molecular formula is C11H14BrNO. The van der Waals surface area contributed by atoms with Gasteiger partial charge in [-0.3, -0.25) is 0 Å². The largest absolute Gasteiger partial charge is 0.507 e. The van der Waals surface area contributed by atoms with Gasteiger partial charge in [0.1, 0.15) is 5.75 Å². The second kappa shape index (κ2) is 3.55.